The van der Waals surface area contributed by atoms with E-state index in [0.29, 0.717) is 0 Å². The van der Waals surface area contributed by atoms with Gasteiger partial charge in [-0.2, -0.15) is 5.10 Å². The summed E-state index contributed by atoms with van der Waals surface area (Å²) in [5, 5.41) is 4.20. The molecule has 50 valence electrons. The summed E-state index contributed by atoms with van der Waals surface area (Å²) in [5.41, 5.74) is 1.13. The number of hydrogen-bond acceptors (Lipinski definition) is 1. The molecule has 0 N–H and O–H groups in total. The van der Waals surface area contributed by atoms with E-state index in [4.69, 9.17) is 0 Å². The van der Waals surface area contributed by atoms with Gasteiger partial charge in [-0.1, -0.05) is 6.92 Å². The second-order valence-electron chi connectivity index (χ2n) is 1.94. The van der Waals surface area contributed by atoms with Crippen molar-refractivity contribution in [3.05, 3.63) is 16.4 Å². The van der Waals surface area contributed by atoms with Crippen molar-refractivity contribution >= 4 is 15.9 Å². The van der Waals surface area contributed by atoms with Crippen LogP contribution < -0.4 is 0 Å². The Kier molecular flexibility index (Phi) is 1.90. The summed E-state index contributed by atoms with van der Waals surface area (Å²) in [7, 11) is 1.92. The normalized spacial score (nSPS) is 10.1. The van der Waals surface area contributed by atoms with Crippen LogP contribution in [0.25, 0.3) is 0 Å². The topological polar surface area (TPSA) is 17.8 Å². The first-order chi connectivity index (χ1) is 4.24. The lowest BCUT2D eigenvalue weighted by Crippen LogP contribution is -1.90. The summed E-state index contributed by atoms with van der Waals surface area (Å²) in [6.07, 6.45) is 0.999. The zero-order valence-electron chi connectivity index (χ0n) is 5.56. The fourth-order valence-corrected chi connectivity index (χ4v) is 1.02. The lowest BCUT2D eigenvalue weighted by Gasteiger charge is -1.86. The van der Waals surface area contributed by atoms with Gasteiger partial charge in [-0.25, -0.2) is 0 Å². The van der Waals surface area contributed by atoms with Gasteiger partial charge in [0.1, 0.15) is 4.60 Å². The number of aromatic nitrogens is 2. The van der Waals surface area contributed by atoms with Crippen LogP contribution >= 0.6 is 15.9 Å². The Labute approximate surface area is 63.0 Å². The zero-order chi connectivity index (χ0) is 6.85. The number of hydrogen-bond donors (Lipinski definition) is 0. The predicted molar refractivity (Wildman–Crippen MR) is 40.3 cm³/mol. The molecular formula is C6H9BrN2. The Hall–Kier alpha value is -0.310. The van der Waals surface area contributed by atoms with Gasteiger partial charge in [0.2, 0.25) is 0 Å². The van der Waals surface area contributed by atoms with Crippen LogP contribution in [0.5, 0.6) is 0 Å². The third kappa shape index (κ3) is 1.33. The molecule has 9 heavy (non-hydrogen) atoms. The molecule has 2 nitrogen and oxygen atoms in total. The van der Waals surface area contributed by atoms with Crippen molar-refractivity contribution < 1.29 is 0 Å². The molecule has 0 atom stereocenters. The molecule has 0 spiro atoms. The first kappa shape index (κ1) is 6.81. The summed E-state index contributed by atoms with van der Waals surface area (Å²) in [4.78, 5) is 0. The van der Waals surface area contributed by atoms with E-state index in [-0.39, 0.29) is 0 Å². The fourth-order valence-electron chi connectivity index (χ4n) is 0.673. The van der Waals surface area contributed by atoms with E-state index in [1.54, 1.807) is 0 Å². The van der Waals surface area contributed by atoms with Crippen LogP contribution in [0.15, 0.2) is 10.7 Å². The number of rotatable bonds is 1. The van der Waals surface area contributed by atoms with Crippen LogP contribution in [0, 0.1) is 0 Å². The molecule has 1 heterocycles. The molecule has 1 aromatic rings. The van der Waals surface area contributed by atoms with Gasteiger partial charge in [0.15, 0.2) is 0 Å². The van der Waals surface area contributed by atoms with Crippen molar-refractivity contribution in [3.8, 4) is 0 Å². The molecule has 0 aliphatic rings. The summed E-state index contributed by atoms with van der Waals surface area (Å²) >= 11 is 3.36. The number of aryl methyl sites for hydroxylation is 2. The van der Waals surface area contributed by atoms with Gasteiger partial charge >= 0.3 is 0 Å². The average Bonchev–Trinajstić information content (AvgIpc) is 2.13. The molecule has 0 unspecified atom stereocenters. The standard InChI is InChI=1S/C6H9BrN2/c1-3-5-4-6(7)9(2)8-5/h4H,3H2,1-2H3. The van der Waals surface area contributed by atoms with E-state index in [1.165, 1.54) is 0 Å². The average molecular weight is 189 g/mol. The third-order valence-corrected chi connectivity index (χ3v) is 1.98. The van der Waals surface area contributed by atoms with Crippen molar-refractivity contribution in [3.63, 3.8) is 0 Å². The van der Waals surface area contributed by atoms with E-state index in [1.807, 2.05) is 17.8 Å². The van der Waals surface area contributed by atoms with Crippen LogP contribution in [-0.4, -0.2) is 9.78 Å². The largest absolute Gasteiger partial charge is 0.261 e. The van der Waals surface area contributed by atoms with Crippen LogP contribution in [0.2, 0.25) is 0 Å². The third-order valence-electron chi connectivity index (χ3n) is 1.24. The van der Waals surface area contributed by atoms with Gasteiger partial charge in [0.05, 0.1) is 5.69 Å². The zero-order valence-corrected chi connectivity index (χ0v) is 7.14. The van der Waals surface area contributed by atoms with Crippen molar-refractivity contribution in [2.45, 2.75) is 13.3 Å². The van der Waals surface area contributed by atoms with Crippen LogP contribution in [0.3, 0.4) is 0 Å². The molecule has 0 aromatic carbocycles. The van der Waals surface area contributed by atoms with Crippen LogP contribution in [-0.2, 0) is 13.5 Å². The van der Waals surface area contributed by atoms with Crippen molar-refractivity contribution in [1.29, 1.82) is 0 Å². The van der Waals surface area contributed by atoms with E-state index in [0.717, 1.165) is 16.7 Å². The highest BCUT2D eigenvalue weighted by atomic mass is 79.9. The molecule has 0 saturated carbocycles. The minimum Gasteiger partial charge on any atom is -0.261 e. The Morgan fingerprint density at radius 2 is 2.44 bits per heavy atom. The van der Waals surface area contributed by atoms with Crippen molar-refractivity contribution in [1.82, 2.24) is 9.78 Å². The minimum atomic E-state index is 0.999. The maximum absolute atomic E-state index is 4.20. The SMILES string of the molecule is CCc1cc(Br)n(C)n1. The van der Waals surface area contributed by atoms with Crippen molar-refractivity contribution in [2.75, 3.05) is 0 Å². The molecule has 1 rings (SSSR count). The first-order valence-corrected chi connectivity index (χ1v) is 3.71. The maximum atomic E-state index is 4.20. The molecule has 0 amide bonds. The smallest absolute Gasteiger partial charge is 0.104 e. The van der Waals surface area contributed by atoms with Gasteiger partial charge < -0.3 is 0 Å². The maximum Gasteiger partial charge on any atom is 0.104 e. The highest BCUT2D eigenvalue weighted by Gasteiger charge is 1.97. The fraction of sp³-hybridized carbons (Fsp3) is 0.500. The molecular weight excluding hydrogens is 180 g/mol. The second-order valence-corrected chi connectivity index (χ2v) is 2.75. The Morgan fingerprint density at radius 1 is 1.78 bits per heavy atom. The number of halogens is 1. The van der Waals surface area contributed by atoms with E-state index in [9.17, 15) is 0 Å². The Balaban J connectivity index is 2.98. The lowest BCUT2D eigenvalue weighted by molar-refractivity contribution is 0.731. The molecule has 0 saturated heterocycles. The molecule has 3 heteroatoms. The molecule has 0 radical (unpaired) electrons. The van der Waals surface area contributed by atoms with Gasteiger partial charge in [-0.05, 0) is 28.4 Å². The molecule has 0 aliphatic carbocycles. The Morgan fingerprint density at radius 3 is 2.67 bits per heavy atom. The monoisotopic (exact) mass is 188 g/mol. The Bertz CT molecular complexity index is 185. The molecule has 0 bridgehead atoms. The van der Waals surface area contributed by atoms with Gasteiger partial charge in [0, 0.05) is 7.05 Å². The summed E-state index contributed by atoms with van der Waals surface area (Å²) < 4.78 is 2.86. The minimum absolute atomic E-state index is 0.999. The summed E-state index contributed by atoms with van der Waals surface area (Å²) in [5.74, 6) is 0. The van der Waals surface area contributed by atoms with E-state index >= 15 is 0 Å². The highest BCUT2D eigenvalue weighted by Crippen LogP contribution is 2.09. The van der Waals surface area contributed by atoms with Crippen LogP contribution in [0.4, 0.5) is 0 Å². The quantitative estimate of drug-likeness (QED) is 0.657. The van der Waals surface area contributed by atoms with E-state index < -0.39 is 0 Å². The summed E-state index contributed by atoms with van der Waals surface area (Å²) in [6, 6.07) is 2.03. The highest BCUT2D eigenvalue weighted by molar-refractivity contribution is 9.10. The predicted octanol–water partition coefficient (Wildman–Crippen LogP) is 1.75. The van der Waals surface area contributed by atoms with Gasteiger partial charge in [-0.15, -0.1) is 0 Å². The van der Waals surface area contributed by atoms with Gasteiger partial charge in [-0.3, -0.25) is 4.68 Å². The molecule has 1 aromatic heterocycles. The van der Waals surface area contributed by atoms with Crippen molar-refractivity contribution in [2.24, 2.45) is 7.05 Å². The number of nitrogens with zero attached hydrogens (tertiary/aromatic N) is 2. The molecule has 0 aliphatic heterocycles. The molecule has 0 fully saturated rings. The van der Waals surface area contributed by atoms with E-state index in [2.05, 4.69) is 28.0 Å². The second kappa shape index (κ2) is 2.52. The first-order valence-electron chi connectivity index (χ1n) is 2.92. The summed E-state index contributed by atoms with van der Waals surface area (Å²) in [6.45, 7) is 2.09. The van der Waals surface area contributed by atoms with Crippen LogP contribution in [0.1, 0.15) is 12.6 Å². The lowest BCUT2D eigenvalue weighted by atomic mass is 10.4. The van der Waals surface area contributed by atoms with Gasteiger partial charge in [0.25, 0.3) is 0 Å².